The summed E-state index contributed by atoms with van der Waals surface area (Å²) in [6, 6.07) is 1.98. The number of hydrogen-bond acceptors (Lipinski definition) is 5. The van der Waals surface area contributed by atoms with Crippen LogP contribution < -0.4 is 0 Å². The summed E-state index contributed by atoms with van der Waals surface area (Å²) in [7, 11) is 1.54. The Kier molecular flexibility index (Phi) is 5.43. The zero-order valence-electron chi connectivity index (χ0n) is 12.0. The second kappa shape index (κ2) is 7.31. The SMILES string of the molecule is COCC(=O)N1CCOC[C@@H](Cc2cc(C)ncn2)C1. The lowest BCUT2D eigenvalue weighted by Gasteiger charge is -2.23. The van der Waals surface area contributed by atoms with Crippen LogP contribution >= 0.6 is 0 Å². The molecule has 1 aromatic heterocycles. The Morgan fingerprint density at radius 1 is 1.55 bits per heavy atom. The number of nitrogens with zero attached hydrogens (tertiary/aromatic N) is 3. The van der Waals surface area contributed by atoms with Crippen LogP contribution in [0.5, 0.6) is 0 Å². The zero-order chi connectivity index (χ0) is 14.4. The van der Waals surface area contributed by atoms with Crippen LogP contribution in [0, 0.1) is 12.8 Å². The first-order chi connectivity index (χ1) is 9.69. The zero-order valence-corrected chi connectivity index (χ0v) is 12.0. The van der Waals surface area contributed by atoms with Crippen molar-refractivity contribution < 1.29 is 14.3 Å². The molecule has 110 valence electrons. The minimum absolute atomic E-state index is 0.0156. The van der Waals surface area contributed by atoms with E-state index >= 15 is 0 Å². The van der Waals surface area contributed by atoms with Crippen molar-refractivity contribution in [2.45, 2.75) is 13.3 Å². The summed E-state index contributed by atoms with van der Waals surface area (Å²) in [6.07, 6.45) is 2.37. The number of methoxy groups -OCH3 is 1. The number of aromatic nitrogens is 2. The van der Waals surface area contributed by atoms with Crippen molar-refractivity contribution in [3.8, 4) is 0 Å². The minimum atomic E-state index is 0.0156. The molecule has 1 atom stereocenters. The molecule has 6 heteroatoms. The Labute approximate surface area is 119 Å². The van der Waals surface area contributed by atoms with Gasteiger partial charge in [0.1, 0.15) is 12.9 Å². The molecule has 0 aromatic carbocycles. The maximum Gasteiger partial charge on any atom is 0.248 e. The third kappa shape index (κ3) is 4.25. The molecule has 20 heavy (non-hydrogen) atoms. The molecule has 0 spiro atoms. The lowest BCUT2D eigenvalue weighted by molar-refractivity contribution is -0.135. The van der Waals surface area contributed by atoms with E-state index in [0.29, 0.717) is 26.3 Å². The van der Waals surface area contributed by atoms with Crippen LogP contribution in [0.3, 0.4) is 0 Å². The molecule has 1 aliphatic rings. The first kappa shape index (κ1) is 14.9. The number of carbonyl (C=O) groups is 1. The topological polar surface area (TPSA) is 64.5 Å². The fourth-order valence-corrected chi connectivity index (χ4v) is 2.36. The van der Waals surface area contributed by atoms with Gasteiger partial charge in [-0.3, -0.25) is 4.79 Å². The van der Waals surface area contributed by atoms with Gasteiger partial charge in [0.25, 0.3) is 0 Å². The lowest BCUT2D eigenvalue weighted by Crippen LogP contribution is -2.38. The van der Waals surface area contributed by atoms with Gasteiger partial charge in [-0.25, -0.2) is 9.97 Å². The quantitative estimate of drug-likeness (QED) is 0.800. The second-order valence-electron chi connectivity index (χ2n) is 5.07. The van der Waals surface area contributed by atoms with E-state index < -0.39 is 0 Å². The van der Waals surface area contributed by atoms with Crippen molar-refractivity contribution in [3.05, 3.63) is 23.8 Å². The van der Waals surface area contributed by atoms with Crippen molar-refractivity contribution in [2.75, 3.05) is 40.0 Å². The standard InChI is InChI=1S/C14H21N3O3/c1-11-5-13(16-10-15-11)6-12-7-17(3-4-20-8-12)14(18)9-19-2/h5,10,12H,3-4,6-9H2,1-2H3/t12-/m0/s1. The molecule has 1 aliphatic heterocycles. The summed E-state index contributed by atoms with van der Waals surface area (Å²) in [5.74, 6) is 0.273. The van der Waals surface area contributed by atoms with E-state index in [9.17, 15) is 4.79 Å². The highest BCUT2D eigenvalue weighted by Crippen LogP contribution is 2.13. The Hall–Kier alpha value is -1.53. The molecule has 0 bridgehead atoms. The van der Waals surface area contributed by atoms with Crippen LogP contribution in [0.1, 0.15) is 11.4 Å². The number of carbonyl (C=O) groups excluding carboxylic acids is 1. The molecule has 1 aromatic rings. The molecule has 1 saturated heterocycles. The maximum absolute atomic E-state index is 11.9. The predicted molar refractivity (Wildman–Crippen MR) is 73.2 cm³/mol. The van der Waals surface area contributed by atoms with Gasteiger partial charge in [0.2, 0.25) is 5.91 Å². The van der Waals surface area contributed by atoms with Gasteiger partial charge >= 0.3 is 0 Å². The van der Waals surface area contributed by atoms with E-state index in [2.05, 4.69) is 9.97 Å². The van der Waals surface area contributed by atoms with Crippen molar-refractivity contribution >= 4 is 5.91 Å². The Morgan fingerprint density at radius 2 is 2.40 bits per heavy atom. The Bertz CT molecular complexity index is 453. The third-order valence-electron chi connectivity index (χ3n) is 3.32. The van der Waals surface area contributed by atoms with Gasteiger partial charge < -0.3 is 14.4 Å². The molecule has 0 aliphatic carbocycles. The largest absolute Gasteiger partial charge is 0.379 e. The monoisotopic (exact) mass is 279 g/mol. The van der Waals surface area contributed by atoms with E-state index in [1.165, 1.54) is 7.11 Å². The predicted octanol–water partition coefficient (Wildman–Crippen LogP) is 0.449. The van der Waals surface area contributed by atoms with Crippen LogP contribution in [-0.4, -0.2) is 60.8 Å². The van der Waals surface area contributed by atoms with Crippen LogP contribution in [0.25, 0.3) is 0 Å². The first-order valence-corrected chi connectivity index (χ1v) is 6.81. The third-order valence-corrected chi connectivity index (χ3v) is 3.32. The van der Waals surface area contributed by atoms with Crippen molar-refractivity contribution in [2.24, 2.45) is 5.92 Å². The lowest BCUT2D eigenvalue weighted by atomic mass is 10.0. The number of hydrogen-bond donors (Lipinski definition) is 0. The van der Waals surface area contributed by atoms with Gasteiger partial charge in [-0.05, 0) is 19.4 Å². The number of rotatable bonds is 4. The van der Waals surface area contributed by atoms with Gasteiger partial charge in [-0.15, -0.1) is 0 Å². The average molecular weight is 279 g/mol. The summed E-state index contributed by atoms with van der Waals surface area (Å²) in [5.41, 5.74) is 1.95. The van der Waals surface area contributed by atoms with Gasteiger partial charge in [0.15, 0.2) is 0 Å². The number of aryl methyl sites for hydroxylation is 1. The Morgan fingerprint density at radius 3 is 3.15 bits per heavy atom. The highest BCUT2D eigenvalue weighted by atomic mass is 16.5. The molecule has 6 nitrogen and oxygen atoms in total. The summed E-state index contributed by atoms with van der Waals surface area (Å²) < 4.78 is 10.5. The van der Waals surface area contributed by atoms with E-state index in [1.54, 1.807) is 6.33 Å². The number of ether oxygens (including phenoxy) is 2. The molecule has 2 heterocycles. The average Bonchev–Trinajstić information content (AvgIpc) is 2.65. The van der Waals surface area contributed by atoms with E-state index in [0.717, 1.165) is 17.8 Å². The van der Waals surface area contributed by atoms with Crippen LogP contribution in [-0.2, 0) is 20.7 Å². The normalized spacial score (nSPS) is 19.7. The van der Waals surface area contributed by atoms with E-state index in [1.807, 2.05) is 17.9 Å². The molecule has 1 fully saturated rings. The second-order valence-corrected chi connectivity index (χ2v) is 5.07. The van der Waals surface area contributed by atoms with Crippen LogP contribution in [0.15, 0.2) is 12.4 Å². The maximum atomic E-state index is 11.9. The molecule has 1 amide bonds. The van der Waals surface area contributed by atoms with E-state index in [4.69, 9.17) is 9.47 Å². The van der Waals surface area contributed by atoms with Gasteiger partial charge in [0.05, 0.1) is 13.2 Å². The van der Waals surface area contributed by atoms with E-state index in [-0.39, 0.29) is 18.4 Å². The molecule has 0 saturated carbocycles. The summed E-state index contributed by atoms with van der Waals surface area (Å²) in [4.78, 5) is 22.1. The highest BCUT2D eigenvalue weighted by Gasteiger charge is 2.22. The number of amides is 1. The van der Waals surface area contributed by atoms with Gasteiger partial charge in [-0.2, -0.15) is 0 Å². The fraction of sp³-hybridized carbons (Fsp3) is 0.643. The molecular weight excluding hydrogens is 258 g/mol. The van der Waals surface area contributed by atoms with Crippen LogP contribution in [0.4, 0.5) is 0 Å². The van der Waals surface area contributed by atoms with Crippen LogP contribution in [0.2, 0.25) is 0 Å². The van der Waals surface area contributed by atoms with Crippen molar-refractivity contribution in [3.63, 3.8) is 0 Å². The minimum Gasteiger partial charge on any atom is -0.379 e. The highest BCUT2D eigenvalue weighted by molar-refractivity contribution is 5.77. The summed E-state index contributed by atoms with van der Waals surface area (Å²) in [5, 5.41) is 0. The smallest absolute Gasteiger partial charge is 0.248 e. The molecule has 2 rings (SSSR count). The molecule has 0 N–H and O–H groups in total. The van der Waals surface area contributed by atoms with Crippen molar-refractivity contribution in [1.82, 2.24) is 14.9 Å². The summed E-state index contributed by atoms with van der Waals surface area (Å²) >= 11 is 0. The summed E-state index contributed by atoms with van der Waals surface area (Å²) in [6.45, 7) is 4.61. The van der Waals surface area contributed by atoms with Gasteiger partial charge in [-0.1, -0.05) is 0 Å². The molecule has 0 radical (unpaired) electrons. The Balaban J connectivity index is 1.98. The van der Waals surface area contributed by atoms with Gasteiger partial charge in [0, 0.05) is 37.5 Å². The molecule has 0 unspecified atom stereocenters. The first-order valence-electron chi connectivity index (χ1n) is 6.81. The molecular formula is C14H21N3O3. The van der Waals surface area contributed by atoms with Crippen molar-refractivity contribution in [1.29, 1.82) is 0 Å². The fourth-order valence-electron chi connectivity index (χ4n) is 2.36.